The van der Waals surface area contributed by atoms with Gasteiger partial charge in [-0.25, -0.2) is 9.18 Å². The molecule has 4 aromatic rings. The van der Waals surface area contributed by atoms with Crippen molar-refractivity contribution >= 4 is 28.5 Å². The largest absolute Gasteiger partial charge is 0.388 e. The molecular weight excluding hydrogens is 543 g/mol. The van der Waals surface area contributed by atoms with Gasteiger partial charge in [0.05, 0.1) is 35.0 Å². The lowest BCUT2D eigenvalue weighted by molar-refractivity contribution is 0.0684. The highest BCUT2D eigenvalue weighted by atomic mass is 35.5. The Hall–Kier alpha value is -3.79. The summed E-state index contributed by atoms with van der Waals surface area (Å²) in [4.78, 5) is 24.4. The molecule has 0 unspecified atom stereocenters. The van der Waals surface area contributed by atoms with Gasteiger partial charge in [0, 0.05) is 29.7 Å². The summed E-state index contributed by atoms with van der Waals surface area (Å²) in [5.74, 6) is 0.0137. The van der Waals surface area contributed by atoms with Crippen LogP contribution in [0.5, 0.6) is 0 Å². The molecule has 2 aromatic carbocycles. The highest BCUT2D eigenvalue weighted by Crippen LogP contribution is 2.31. The molecule has 0 aliphatic heterocycles. The van der Waals surface area contributed by atoms with Crippen LogP contribution in [0.2, 0.25) is 5.02 Å². The minimum atomic E-state index is -0.525. The Balaban J connectivity index is 1.52. The molecule has 0 aliphatic carbocycles. The highest BCUT2D eigenvalue weighted by Gasteiger charge is 2.16. The Morgan fingerprint density at radius 2 is 2.00 bits per heavy atom. The second-order valence-electron chi connectivity index (χ2n) is 10.3. The van der Waals surface area contributed by atoms with Gasteiger partial charge in [-0.05, 0) is 81.0 Å². The zero-order chi connectivity index (χ0) is 29.5. The molecule has 0 bridgehead atoms. The third-order valence-electron chi connectivity index (χ3n) is 6.73. The molecule has 2 atom stereocenters. The van der Waals surface area contributed by atoms with Crippen LogP contribution in [0.3, 0.4) is 0 Å². The van der Waals surface area contributed by atoms with Gasteiger partial charge < -0.3 is 21.2 Å². The van der Waals surface area contributed by atoms with Crippen molar-refractivity contribution in [3.8, 4) is 16.9 Å². The fourth-order valence-electron chi connectivity index (χ4n) is 4.53. The van der Waals surface area contributed by atoms with Gasteiger partial charge in [0.2, 0.25) is 0 Å². The van der Waals surface area contributed by atoms with E-state index in [9.17, 15) is 4.79 Å². The quantitative estimate of drug-likeness (QED) is 0.107. The number of aromatic nitrogens is 3. The van der Waals surface area contributed by atoms with E-state index in [0.717, 1.165) is 30.4 Å². The third kappa shape index (κ3) is 7.91. The molecule has 0 aliphatic rings. The summed E-state index contributed by atoms with van der Waals surface area (Å²) >= 11 is 6.23. The number of hydrogen-bond donors (Lipinski definition) is 3. The number of amidine groups is 1. The van der Waals surface area contributed by atoms with E-state index in [0.29, 0.717) is 53.4 Å². The Bertz CT molecular complexity index is 1590. The second-order valence-corrected chi connectivity index (χ2v) is 10.7. The van der Waals surface area contributed by atoms with Gasteiger partial charge in [-0.2, -0.15) is 4.98 Å². The molecule has 10 heteroatoms. The van der Waals surface area contributed by atoms with E-state index >= 15 is 4.39 Å². The molecule has 0 amide bonds. The van der Waals surface area contributed by atoms with E-state index in [1.807, 2.05) is 31.2 Å². The zero-order valence-electron chi connectivity index (χ0n) is 23.4. The fraction of sp³-hybridized carbons (Fsp3) is 0.323. The summed E-state index contributed by atoms with van der Waals surface area (Å²) in [5, 5.41) is 0.709. The molecule has 0 radical (unpaired) electrons. The normalized spacial score (nSPS) is 13.4. The molecule has 2 heterocycles. The molecule has 41 heavy (non-hydrogen) atoms. The van der Waals surface area contributed by atoms with Crippen LogP contribution in [-0.2, 0) is 17.8 Å². The zero-order valence-corrected chi connectivity index (χ0v) is 24.1. The number of nitrogens with one attached hydrogen (secondary N) is 1. The number of H-pyrrole nitrogens is 1. The summed E-state index contributed by atoms with van der Waals surface area (Å²) in [5.41, 5.74) is 14.7. The molecule has 216 valence electrons. The number of halogens is 2. The average molecular weight is 579 g/mol. The molecule has 0 fully saturated rings. The molecule has 2 aromatic heterocycles. The van der Waals surface area contributed by atoms with Crippen LogP contribution in [0.25, 0.3) is 28.0 Å². The SMILES string of the molecule is C=C[C@@H](CCN=C(C)N)OCc1ccc(-n2cc3cc(-c4cc(CCC[C@H](C)N)cc(Cl)c4F)[nH]c3nc2=O)cc1. The molecule has 0 spiro atoms. The summed E-state index contributed by atoms with van der Waals surface area (Å²) in [6, 6.07) is 12.8. The molecule has 5 N–H and O–H groups in total. The van der Waals surface area contributed by atoms with Gasteiger partial charge in [-0.3, -0.25) is 9.56 Å². The van der Waals surface area contributed by atoms with Crippen molar-refractivity contribution in [2.24, 2.45) is 16.5 Å². The van der Waals surface area contributed by atoms with Gasteiger partial charge in [-0.15, -0.1) is 6.58 Å². The minimum absolute atomic E-state index is 0.0483. The van der Waals surface area contributed by atoms with Crippen molar-refractivity contribution < 1.29 is 9.13 Å². The van der Waals surface area contributed by atoms with Crippen LogP contribution < -0.4 is 17.2 Å². The number of fused-ring (bicyclic) bond motifs is 1. The van der Waals surface area contributed by atoms with Crippen LogP contribution in [0.4, 0.5) is 4.39 Å². The van der Waals surface area contributed by atoms with Crippen molar-refractivity contribution in [2.45, 2.75) is 58.3 Å². The first-order valence-electron chi connectivity index (χ1n) is 13.6. The van der Waals surface area contributed by atoms with Gasteiger partial charge in [0.25, 0.3) is 0 Å². The van der Waals surface area contributed by atoms with Crippen LogP contribution >= 0.6 is 11.6 Å². The lowest BCUT2D eigenvalue weighted by atomic mass is 10.0. The summed E-state index contributed by atoms with van der Waals surface area (Å²) in [6.07, 6.45) is 6.44. The smallest absolute Gasteiger partial charge is 0.354 e. The number of rotatable bonds is 13. The van der Waals surface area contributed by atoms with E-state index in [2.05, 4.69) is 21.5 Å². The van der Waals surface area contributed by atoms with Crippen molar-refractivity contribution in [2.75, 3.05) is 6.54 Å². The molecule has 0 saturated heterocycles. The summed E-state index contributed by atoms with van der Waals surface area (Å²) < 4.78 is 22.4. The van der Waals surface area contributed by atoms with Gasteiger partial charge >= 0.3 is 5.69 Å². The first kappa shape index (κ1) is 30.2. The fourth-order valence-corrected chi connectivity index (χ4v) is 4.77. The predicted octanol–water partition coefficient (Wildman–Crippen LogP) is 5.68. The Kier molecular flexibility index (Phi) is 10.1. The van der Waals surface area contributed by atoms with Crippen LogP contribution in [0.1, 0.15) is 44.2 Å². The highest BCUT2D eigenvalue weighted by molar-refractivity contribution is 6.31. The topological polar surface area (TPSA) is 124 Å². The predicted molar refractivity (Wildman–Crippen MR) is 164 cm³/mol. The molecular formula is C31H36ClFN6O2. The first-order chi connectivity index (χ1) is 19.6. The number of benzene rings is 2. The number of aliphatic imine (C=N–C) groups is 1. The van der Waals surface area contributed by atoms with Crippen molar-refractivity contribution in [3.63, 3.8) is 0 Å². The third-order valence-corrected chi connectivity index (χ3v) is 7.00. The number of nitrogens with zero attached hydrogens (tertiary/aromatic N) is 3. The average Bonchev–Trinajstić information content (AvgIpc) is 3.34. The first-order valence-corrected chi connectivity index (χ1v) is 14.0. The lowest BCUT2D eigenvalue weighted by Gasteiger charge is -2.13. The number of aryl methyl sites for hydroxylation is 1. The second kappa shape index (κ2) is 13.7. The Morgan fingerprint density at radius 1 is 1.24 bits per heavy atom. The lowest BCUT2D eigenvalue weighted by Crippen LogP contribution is -2.20. The number of ether oxygens (including phenoxy) is 1. The maximum Gasteiger partial charge on any atom is 0.354 e. The van der Waals surface area contributed by atoms with E-state index in [-0.39, 0.29) is 17.2 Å². The van der Waals surface area contributed by atoms with Crippen molar-refractivity contribution in [3.05, 3.63) is 93.8 Å². The Labute approximate surface area is 243 Å². The molecule has 8 nitrogen and oxygen atoms in total. The van der Waals surface area contributed by atoms with E-state index in [1.165, 1.54) is 4.57 Å². The van der Waals surface area contributed by atoms with Gasteiger partial charge in [-0.1, -0.05) is 29.8 Å². The molecule has 4 rings (SSSR count). The number of hydrogen-bond acceptors (Lipinski definition) is 5. The van der Waals surface area contributed by atoms with Gasteiger partial charge in [0.15, 0.2) is 5.82 Å². The number of aromatic amines is 1. The van der Waals surface area contributed by atoms with Crippen molar-refractivity contribution in [1.82, 2.24) is 14.5 Å². The van der Waals surface area contributed by atoms with Crippen LogP contribution in [0.15, 0.2) is 71.1 Å². The van der Waals surface area contributed by atoms with Gasteiger partial charge in [0.1, 0.15) is 5.65 Å². The number of nitrogens with two attached hydrogens (primary N) is 2. The monoisotopic (exact) mass is 578 g/mol. The van der Waals surface area contributed by atoms with E-state index in [4.69, 9.17) is 27.8 Å². The van der Waals surface area contributed by atoms with E-state index in [1.54, 1.807) is 37.4 Å². The standard InChI is InChI=1S/C31H36ClFN6O2/c1-4-25(12-13-36-20(3)35)41-18-21-8-10-24(11-9-21)39-17-23-16-28(37-30(23)38-31(39)40)26-14-22(7-5-6-19(2)34)15-27(32)29(26)33/h4,8-11,14-17,19,25H,1,5-7,12-13,18,34H2,2-3H3,(H2,35,36)(H,37,38,40)/t19-,25-/m0/s1. The summed E-state index contributed by atoms with van der Waals surface area (Å²) in [7, 11) is 0. The minimum Gasteiger partial charge on any atom is -0.388 e. The molecule has 0 saturated carbocycles. The maximum atomic E-state index is 15.1. The van der Waals surface area contributed by atoms with Crippen LogP contribution in [0, 0.1) is 5.82 Å². The van der Waals surface area contributed by atoms with Crippen molar-refractivity contribution in [1.29, 1.82) is 0 Å². The Morgan fingerprint density at radius 3 is 2.68 bits per heavy atom. The summed E-state index contributed by atoms with van der Waals surface area (Å²) in [6.45, 7) is 8.49. The van der Waals surface area contributed by atoms with Crippen LogP contribution in [-0.4, -0.2) is 39.1 Å². The maximum absolute atomic E-state index is 15.1. The van der Waals surface area contributed by atoms with E-state index < -0.39 is 11.5 Å².